The average molecular weight is 412 g/mol. The van der Waals surface area contributed by atoms with E-state index in [0.29, 0.717) is 21.7 Å². The summed E-state index contributed by atoms with van der Waals surface area (Å²) in [5.41, 5.74) is 2.15. The molecule has 1 heterocycles. The van der Waals surface area contributed by atoms with Gasteiger partial charge >= 0.3 is 0 Å². The molecule has 0 saturated heterocycles. The number of methoxy groups -OCH3 is 1. The van der Waals surface area contributed by atoms with E-state index < -0.39 is 11.6 Å². The Morgan fingerprint density at radius 1 is 0.966 bits per heavy atom. The van der Waals surface area contributed by atoms with E-state index in [0.717, 1.165) is 23.1 Å². The molecule has 0 aliphatic carbocycles. The molecule has 0 saturated carbocycles. The molecule has 0 amide bonds. The quantitative estimate of drug-likeness (QED) is 0.434. The Bertz CT molecular complexity index is 1270. The number of ether oxygens (including phenoxy) is 1. The van der Waals surface area contributed by atoms with Gasteiger partial charge in [0, 0.05) is 16.0 Å². The van der Waals surface area contributed by atoms with Gasteiger partial charge in [0.2, 0.25) is 0 Å². The van der Waals surface area contributed by atoms with Crippen molar-refractivity contribution in [3.63, 3.8) is 0 Å². The molecule has 0 unspecified atom stereocenters. The largest absolute Gasteiger partial charge is 0.491 e. The number of aromatic nitrogens is 1. The standard InChI is InChI=1S/C23H16ClF2NO2/c1-29-22-21(15-5-3-2-4-6-15)17-12-16(24)8-10-20(17)27(23(22)28)13-14-7-9-18(25)19(26)11-14/h2-12H,13H2,1H3. The van der Waals surface area contributed by atoms with Crippen LogP contribution in [-0.2, 0) is 6.54 Å². The van der Waals surface area contributed by atoms with Crippen LogP contribution in [0.4, 0.5) is 8.78 Å². The van der Waals surface area contributed by atoms with Gasteiger partial charge < -0.3 is 9.30 Å². The molecule has 0 bridgehead atoms. The lowest BCUT2D eigenvalue weighted by Gasteiger charge is -2.18. The van der Waals surface area contributed by atoms with Crippen LogP contribution in [-0.4, -0.2) is 11.7 Å². The predicted octanol–water partition coefficient (Wildman–Crippen LogP) is 5.66. The minimum atomic E-state index is -0.962. The molecule has 0 aliphatic heterocycles. The van der Waals surface area contributed by atoms with Crippen molar-refractivity contribution in [2.24, 2.45) is 0 Å². The summed E-state index contributed by atoms with van der Waals surface area (Å²) in [5, 5.41) is 1.23. The Morgan fingerprint density at radius 3 is 2.41 bits per heavy atom. The van der Waals surface area contributed by atoms with Gasteiger partial charge in [-0.1, -0.05) is 48.0 Å². The number of pyridine rings is 1. The van der Waals surface area contributed by atoms with Gasteiger partial charge in [0.25, 0.3) is 5.56 Å². The maximum atomic E-state index is 13.7. The number of halogens is 3. The number of nitrogens with zero attached hydrogens (tertiary/aromatic N) is 1. The summed E-state index contributed by atoms with van der Waals surface area (Å²) >= 11 is 6.24. The summed E-state index contributed by atoms with van der Waals surface area (Å²) in [6, 6.07) is 18.2. The third-order valence-electron chi connectivity index (χ3n) is 4.78. The molecule has 0 fully saturated rings. The summed E-state index contributed by atoms with van der Waals surface area (Å²) in [4.78, 5) is 13.3. The average Bonchev–Trinajstić information content (AvgIpc) is 2.72. The van der Waals surface area contributed by atoms with Crippen LogP contribution in [0.15, 0.2) is 71.5 Å². The molecule has 0 atom stereocenters. The molecule has 0 spiro atoms. The van der Waals surface area contributed by atoms with Crippen molar-refractivity contribution >= 4 is 22.5 Å². The fourth-order valence-corrected chi connectivity index (χ4v) is 3.64. The van der Waals surface area contributed by atoms with Gasteiger partial charge in [0.1, 0.15) is 0 Å². The van der Waals surface area contributed by atoms with Gasteiger partial charge in [-0.3, -0.25) is 4.79 Å². The van der Waals surface area contributed by atoms with E-state index in [9.17, 15) is 13.6 Å². The summed E-state index contributed by atoms with van der Waals surface area (Å²) in [7, 11) is 1.43. The lowest BCUT2D eigenvalue weighted by atomic mass is 9.99. The molecule has 0 N–H and O–H groups in total. The second-order valence-corrected chi connectivity index (χ2v) is 7.01. The molecule has 6 heteroatoms. The third-order valence-corrected chi connectivity index (χ3v) is 5.01. The monoisotopic (exact) mass is 411 g/mol. The zero-order valence-electron chi connectivity index (χ0n) is 15.5. The van der Waals surface area contributed by atoms with Crippen LogP contribution >= 0.6 is 11.6 Å². The predicted molar refractivity (Wildman–Crippen MR) is 111 cm³/mol. The van der Waals surface area contributed by atoms with Gasteiger partial charge in [-0.2, -0.15) is 0 Å². The van der Waals surface area contributed by atoms with E-state index >= 15 is 0 Å². The number of hydrogen-bond donors (Lipinski definition) is 0. The fraction of sp³-hybridized carbons (Fsp3) is 0.0870. The summed E-state index contributed by atoms with van der Waals surface area (Å²) in [6.07, 6.45) is 0. The summed E-state index contributed by atoms with van der Waals surface area (Å²) in [6.45, 7) is 0.0552. The number of hydrogen-bond acceptors (Lipinski definition) is 2. The minimum absolute atomic E-state index is 0.0552. The molecule has 146 valence electrons. The third kappa shape index (κ3) is 3.49. The van der Waals surface area contributed by atoms with E-state index in [-0.39, 0.29) is 17.9 Å². The number of fused-ring (bicyclic) bond motifs is 1. The van der Waals surface area contributed by atoms with Crippen LogP contribution in [0, 0.1) is 11.6 Å². The Morgan fingerprint density at radius 2 is 1.72 bits per heavy atom. The molecule has 1 aromatic heterocycles. The highest BCUT2D eigenvalue weighted by Crippen LogP contribution is 2.36. The van der Waals surface area contributed by atoms with Crippen molar-refractivity contribution in [3.8, 4) is 16.9 Å². The molecule has 3 aromatic carbocycles. The molecule has 3 nitrogen and oxygen atoms in total. The molecular weight excluding hydrogens is 396 g/mol. The van der Waals surface area contributed by atoms with Gasteiger partial charge in [0.05, 0.1) is 19.2 Å². The van der Waals surface area contributed by atoms with Crippen LogP contribution in [0.25, 0.3) is 22.0 Å². The van der Waals surface area contributed by atoms with Gasteiger partial charge in [-0.05, 0) is 41.5 Å². The molecule has 0 radical (unpaired) electrons. The first-order valence-electron chi connectivity index (χ1n) is 8.89. The molecule has 4 aromatic rings. The van der Waals surface area contributed by atoms with Crippen LogP contribution in [0.5, 0.6) is 5.75 Å². The maximum Gasteiger partial charge on any atom is 0.294 e. The van der Waals surface area contributed by atoms with Crippen LogP contribution in [0.3, 0.4) is 0 Å². The lowest BCUT2D eigenvalue weighted by molar-refractivity contribution is 0.407. The lowest BCUT2D eigenvalue weighted by Crippen LogP contribution is -2.23. The first-order valence-corrected chi connectivity index (χ1v) is 9.27. The minimum Gasteiger partial charge on any atom is -0.491 e. The maximum absolute atomic E-state index is 13.7. The van der Waals surface area contributed by atoms with Crippen molar-refractivity contribution in [2.45, 2.75) is 6.54 Å². The second kappa shape index (κ2) is 7.68. The van der Waals surface area contributed by atoms with Gasteiger partial charge in [-0.25, -0.2) is 8.78 Å². The van der Waals surface area contributed by atoms with Crippen LogP contribution in [0.1, 0.15) is 5.56 Å². The number of rotatable bonds is 4. The first-order chi connectivity index (χ1) is 14.0. The topological polar surface area (TPSA) is 31.2 Å². The fourth-order valence-electron chi connectivity index (χ4n) is 3.46. The van der Waals surface area contributed by atoms with E-state index in [1.54, 1.807) is 18.2 Å². The van der Waals surface area contributed by atoms with Crippen molar-refractivity contribution < 1.29 is 13.5 Å². The van der Waals surface area contributed by atoms with Crippen LogP contribution in [0.2, 0.25) is 5.02 Å². The normalized spacial score (nSPS) is 11.0. The first kappa shape index (κ1) is 19.2. The molecule has 0 aliphatic rings. The van der Waals surface area contributed by atoms with Gasteiger partial charge in [0.15, 0.2) is 17.4 Å². The highest BCUT2D eigenvalue weighted by molar-refractivity contribution is 6.31. The van der Waals surface area contributed by atoms with Crippen molar-refractivity contribution in [1.82, 2.24) is 4.57 Å². The van der Waals surface area contributed by atoms with Gasteiger partial charge in [-0.15, -0.1) is 0 Å². The van der Waals surface area contributed by atoms with Crippen molar-refractivity contribution in [2.75, 3.05) is 7.11 Å². The highest BCUT2D eigenvalue weighted by Gasteiger charge is 2.19. The highest BCUT2D eigenvalue weighted by atomic mass is 35.5. The van der Waals surface area contributed by atoms with E-state index in [1.165, 1.54) is 17.7 Å². The molecule has 4 rings (SSSR count). The number of benzene rings is 3. The molecular formula is C23H16ClF2NO2. The smallest absolute Gasteiger partial charge is 0.294 e. The Balaban J connectivity index is 2.02. The van der Waals surface area contributed by atoms with E-state index in [2.05, 4.69) is 0 Å². The summed E-state index contributed by atoms with van der Waals surface area (Å²) < 4.78 is 33.9. The molecule has 29 heavy (non-hydrogen) atoms. The Kier molecular flexibility index (Phi) is 5.07. The SMILES string of the molecule is COc1c(-c2ccccc2)c2cc(Cl)ccc2n(Cc2ccc(F)c(F)c2)c1=O. The Hall–Kier alpha value is -3.18. The zero-order valence-corrected chi connectivity index (χ0v) is 16.2. The van der Waals surface area contributed by atoms with E-state index in [4.69, 9.17) is 16.3 Å². The van der Waals surface area contributed by atoms with E-state index in [1.807, 2.05) is 30.3 Å². The Labute approximate surface area is 170 Å². The van der Waals surface area contributed by atoms with Crippen LogP contribution < -0.4 is 10.3 Å². The van der Waals surface area contributed by atoms with Crippen molar-refractivity contribution in [1.29, 1.82) is 0 Å². The summed E-state index contributed by atoms with van der Waals surface area (Å²) in [5.74, 6) is -1.74. The zero-order chi connectivity index (χ0) is 20.5. The van der Waals surface area contributed by atoms with Crippen molar-refractivity contribution in [3.05, 3.63) is 99.3 Å². The second-order valence-electron chi connectivity index (χ2n) is 6.58.